The van der Waals surface area contributed by atoms with E-state index >= 15 is 0 Å². The van der Waals surface area contributed by atoms with Crippen LogP contribution in [0, 0.1) is 0 Å². The molecule has 0 saturated heterocycles. The molecule has 0 aromatic carbocycles. The zero-order chi connectivity index (χ0) is 16.8. The minimum absolute atomic E-state index is 0.276. The van der Waals surface area contributed by atoms with Crippen LogP contribution >= 0.6 is 15.5 Å². The lowest BCUT2D eigenvalue weighted by atomic mass is 10.5. The molecule has 0 bridgehead atoms. The Morgan fingerprint density at radius 1 is 0.950 bits per heavy atom. The molecular formula is C8H20F4O6P2. The molecule has 0 saturated carbocycles. The van der Waals surface area contributed by atoms with Crippen molar-refractivity contribution in [1.29, 1.82) is 0 Å². The average molecular weight is 350 g/mol. The average Bonchev–Trinajstić information content (AvgIpc) is 2.39. The summed E-state index contributed by atoms with van der Waals surface area (Å²) < 4.78 is 80.1. The molecule has 6 nitrogen and oxygen atoms in total. The normalized spacial score (nSPS) is 13.7. The van der Waals surface area contributed by atoms with E-state index in [1.807, 2.05) is 0 Å². The van der Waals surface area contributed by atoms with Gasteiger partial charge in [-0.15, -0.1) is 4.20 Å². The van der Waals surface area contributed by atoms with Gasteiger partial charge in [0, 0.05) is 21.3 Å². The van der Waals surface area contributed by atoms with E-state index in [0.717, 1.165) is 14.2 Å². The third-order valence-electron chi connectivity index (χ3n) is 1.23. The third-order valence-corrected chi connectivity index (χ3v) is 3.70. The fraction of sp³-hybridized carbons (Fsp3) is 1.00. The molecule has 1 unspecified atom stereocenters. The lowest BCUT2D eigenvalue weighted by Crippen LogP contribution is -2.02. The Balaban J connectivity index is -0.000000251. The molecule has 12 heteroatoms. The van der Waals surface area contributed by atoms with Crippen LogP contribution in [-0.4, -0.2) is 40.8 Å². The van der Waals surface area contributed by atoms with Crippen molar-refractivity contribution < 1.29 is 44.6 Å². The van der Waals surface area contributed by atoms with Crippen molar-refractivity contribution in [2.24, 2.45) is 0 Å². The van der Waals surface area contributed by atoms with Gasteiger partial charge in [0.25, 0.3) is 0 Å². The lowest BCUT2D eigenvalue weighted by molar-refractivity contribution is 0.179. The van der Waals surface area contributed by atoms with Gasteiger partial charge in [-0.2, -0.15) is 0 Å². The highest BCUT2D eigenvalue weighted by atomic mass is 31.2. The molecule has 0 aromatic heterocycles. The van der Waals surface area contributed by atoms with E-state index in [-0.39, 0.29) is 6.10 Å². The SMILES string of the molecule is COP(=O)(CF)OC(C)C.COP(=O)(F)OC.FCF. The van der Waals surface area contributed by atoms with E-state index in [2.05, 4.69) is 13.6 Å². The Labute approximate surface area is 115 Å². The molecule has 0 aromatic rings. The van der Waals surface area contributed by atoms with Crippen LogP contribution in [0.3, 0.4) is 0 Å². The lowest BCUT2D eigenvalue weighted by Gasteiger charge is -2.14. The zero-order valence-electron chi connectivity index (χ0n) is 11.8. The number of alkyl halides is 3. The standard InChI is InChI=1S/C5H12FO3P.C2H6FO3P.CH2F2/c1-5(2)9-10(7,4-6)8-3;1-5-7(3,4)6-2;2-1-3/h5H,4H2,1-3H3;1-2H3;1H2. The van der Waals surface area contributed by atoms with Crippen molar-refractivity contribution in [3.05, 3.63) is 0 Å². The van der Waals surface area contributed by atoms with E-state index in [0.29, 0.717) is 0 Å². The first-order valence-corrected chi connectivity index (χ1v) is 8.16. The molecule has 126 valence electrons. The van der Waals surface area contributed by atoms with E-state index in [9.17, 15) is 26.5 Å². The van der Waals surface area contributed by atoms with Crippen LogP contribution in [0.1, 0.15) is 13.8 Å². The highest BCUT2D eigenvalue weighted by molar-refractivity contribution is 7.53. The van der Waals surface area contributed by atoms with Crippen LogP contribution in [0.25, 0.3) is 0 Å². The van der Waals surface area contributed by atoms with Crippen LogP contribution < -0.4 is 0 Å². The number of rotatable bonds is 6. The van der Waals surface area contributed by atoms with Crippen molar-refractivity contribution in [3.63, 3.8) is 0 Å². The first-order chi connectivity index (χ1) is 9.07. The zero-order valence-corrected chi connectivity index (χ0v) is 13.6. The van der Waals surface area contributed by atoms with E-state index in [4.69, 9.17) is 4.52 Å². The van der Waals surface area contributed by atoms with Crippen molar-refractivity contribution in [2.45, 2.75) is 20.0 Å². The summed E-state index contributed by atoms with van der Waals surface area (Å²) in [6.45, 7) is 1.59. The molecule has 0 fully saturated rings. The Morgan fingerprint density at radius 2 is 1.30 bits per heavy atom. The molecule has 0 N–H and O–H groups in total. The fourth-order valence-electron chi connectivity index (χ4n) is 0.516. The molecule has 0 radical (unpaired) electrons. The monoisotopic (exact) mass is 350 g/mol. The second-order valence-corrected chi connectivity index (χ2v) is 6.59. The maximum absolute atomic E-state index is 11.9. The molecule has 0 heterocycles. The van der Waals surface area contributed by atoms with Crippen molar-refractivity contribution in [1.82, 2.24) is 0 Å². The van der Waals surface area contributed by atoms with E-state index < -0.39 is 28.8 Å². The van der Waals surface area contributed by atoms with Gasteiger partial charge in [-0.3, -0.25) is 13.6 Å². The maximum Gasteiger partial charge on any atom is 0.512 e. The predicted octanol–water partition coefficient (Wildman–Crippen LogP) is 4.42. The Bertz CT molecular complexity index is 289. The molecule has 0 aliphatic carbocycles. The Hall–Kier alpha value is 0.0200. The van der Waals surface area contributed by atoms with Gasteiger partial charge in [0.1, 0.15) is 0 Å². The van der Waals surface area contributed by atoms with Gasteiger partial charge in [0.2, 0.25) is 6.93 Å². The van der Waals surface area contributed by atoms with E-state index in [1.54, 1.807) is 13.8 Å². The summed E-state index contributed by atoms with van der Waals surface area (Å²) in [5.41, 5.74) is 0. The smallest absolute Gasteiger partial charge is 0.310 e. The fourth-order valence-corrected chi connectivity index (χ4v) is 1.55. The summed E-state index contributed by atoms with van der Waals surface area (Å²) in [4.78, 5) is 0. The van der Waals surface area contributed by atoms with Gasteiger partial charge in [-0.05, 0) is 13.8 Å². The highest BCUT2D eigenvalue weighted by Gasteiger charge is 2.23. The van der Waals surface area contributed by atoms with Crippen molar-refractivity contribution >= 4 is 15.5 Å². The highest BCUT2D eigenvalue weighted by Crippen LogP contribution is 2.48. The van der Waals surface area contributed by atoms with E-state index in [1.165, 1.54) is 7.11 Å². The van der Waals surface area contributed by atoms with Crippen LogP contribution in [-0.2, 0) is 27.2 Å². The van der Waals surface area contributed by atoms with Crippen molar-refractivity contribution in [2.75, 3.05) is 34.7 Å². The van der Waals surface area contributed by atoms with Crippen LogP contribution in [0.5, 0.6) is 0 Å². The second kappa shape index (κ2) is 14.0. The van der Waals surface area contributed by atoms with Crippen LogP contribution in [0.2, 0.25) is 0 Å². The van der Waals surface area contributed by atoms with Gasteiger partial charge in [-0.25, -0.2) is 17.7 Å². The second-order valence-electron chi connectivity index (χ2n) is 2.96. The summed E-state index contributed by atoms with van der Waals surface area (Å²) in [6.07, 6.45) is -1.34. The molecule has 20 heavy (non-hydrogen) atoms. The number of halogens is 4. The molecule has 0 spiro atoms. The summed E-state index contributed by atoms with van der Waals surface area (Å²) in [5, 5.41) is 0. The summed E-state index contributed by atoms with van der Waals surface area (Å²) in [6, 6.07) is 0. The third kappa shape index (κ3) is 18.0. The minimum Gasteiger partial charge on any atom is -0.310 e. The topological polar surface area (TPSA) is 71.1 Å². The van der Waals surface area contributed by atoms with Crippen LogP contribution in [0.15, 0.2) is 0 Å². The first-order valence-electron chi connectivity index (χ1n) is 5.00. The number of hydrogen-bond donors (Lipinski definition) is 0. The number of hydrogen-bond acceptors (Lipinski definition) is 6. The molecule has 0 aliphatic rings. The van der Waals surface area contributed by atoms with Gasteiger partial charge in [0.05, 0.1) is 6.10 Å². The van der Waals surface area contributed by atoms with Crippen LogP contribution in [0.4, 0.5) is 17.4 Å². The molecular weight excluding hydrogens is 330 g/mol. The van der Waals surface area contributed by atoms with Gasteiger partial charge in [0.15, 0.2) is 6.42 Å². The molecule has 1 atom stereocenters. The quantitative estimate of drug-likeness (QED) is 0.522. The van der Waals surface area contributed by atoms with Gasteiger partial charge in [-0.1, -0.05) is 0 Å². The largest absolute Gasteiger partial charge is 0.512 e. The molecule has 0 aliphatic heterocycles. The summed E-state index contributed by atoms with van der Waals surface area (Å²) in [5.74, 6) is 0. The Morgan fingerprint density at radius 3 is 1.35 bits per heavy atom. The molecule has 0 amide bonds. The minimum atomic E-state index is -4.15. The first kappa shape index (κ1) is 25.0. The summed E-state index contributed by atoms with van der Waals surface area (Å²) >= 11 is 0. The van der Waals surface area contributed by atoms with Gasteiger partial charge < -0.3 is 9.05 Å². The summed E-state index contributed by atoms with van der Waals surface area (Å²) in [7, 11) is -4.44. The molecule has 0 rings (SSSR count). The Kier molecular flexibility index (Phi) is 17.5. The predicted molar refractivity (Wildman–Crippen MR) is 66.6 cm³/mol. The van der Waals surface area contributed by atoms with Crippen molar-refractivity contribution in [3.8, 4) is 0 Å². The maximum atomic E-state index is 11.9. The van der Waals surface area contributed by atoms with Gasteiger partial charge >= 0.3 is 15.5 Å².